The van der Waals surface area contributed by atoms with Crippen molar-refractivity contribution >= 4 is 0 Å². The zero-order chi connectivity index (χ0) is 13.2. The molecule has 98 valence electrons. The summed E-state index contributed by atoms with van der Waals surface area (Å²) in [6.07, 6.45) is 7.06. The number of pyridine rings is 1. The lowest BCUT2D eigenvalue weighted by Crippen LogP contribution is -2.12. The van der Waals surface area contributed by atoms with Crippen LogP contribution in [0.3, 0.4) is 0 Å². The topological polar surface area (TPSA) is 64.7 Å². The first-order valence-corrected chi connectivity index (χ1v) is 6.47. The van der Waals surface area contributed by atoms with Crippen LogP contribution in [0.15, 0.2) is 24.5 Å². The molecule has 1 atom stereocenters. The first-order chi connectivity index (χ1) is 9.24. The predicted octanol–water partition coefficient (Wildman–Crippen LogP) is 2.40. The zero-order valence-corrected chi connectivity index (χ0v) is 10.5. The van der Waals surface area contributed by atoms with Gasteiger partial charge in [0, 0.05) is 23.5 Å². The van der Waals surface area contributed by atoms with Crippen molar-refractivity contribution in [2.24, 2.45) is 5.73 Å². The highest BCUT2D eigenvalue weighted by molar-refractivity contribution is 5.49. The van der Waals surface area contributed by atoms with Gasteiger partial charge in [0.1, 0.15) is 11.5 Å². The van der Waals surface area contributed by atoms with Crippen LogP contribution in [-0.4, -0.2) is 15.0 Å². The Morgan fingerprint density at radius 3 is 2.84 bits per heavy atom. The van der Waals surface area contributed by atoms with Gasteiger partial charge in [-0.25, -0.2) is 19.3 Å². The lowest BCUT2D eigenvalue weighted by molar-refractivity contribution is 0.614. The standard InChI is InChI=1S/C14H15FN4/c15-9-5-6-13(17-7-9)14-18-8-10-11(16)3-1-2-4-12(10)19-14/h5-8,11H,1-4,16H2. The normalized spacial score (nSPS) is 18.7. The molecule has 0 radical (unpaired) electrons. The minimum atomic E-state index is -0.361. The summed E-state index contributed by atoms with van der Waals surface area (Å²) in [6.45, 7) is 0. The first-order valence-electron chi connectivity index (χ1n) is 6.47. The molecular formula is C14H15FN4. The van der Waals surface area contributed by atoms with Crippen molar-refractivity contribution in [3.8, 4) is 11.5 Å². The van der Waals surface area contributed by atoms with E-state index in [1.807, 2.05) is 0 Å². The summed E-state index contributed by atoms with van der Waals surface area (Å²) in [5.41, 5.74) is 8.73. The lowest BCUT2D eigenvalue weighted by atomic mass is 10.1. The number of rotatable bonds is 1. The van der Waals surface area contributed by atoms with Crippen molar-refractivity contribution in [2.75, 3.05) is 0 Å². The van der Waals surface area contributed by atoms with E-state index in [4.69, 9.17) is 5.73 Å². The lowest BCUT2D eigenvalue weighted by Gasteiger charge is -2.11. The zero-order valence-electron chi connectivity index (χ0n) is 10.5. The molecule has 1 unspecified atom stereocenters. The molecule has 3 rings (SSSR count). The van der Waals surface area contributed by atoms with Crippen LogP contribution in [0.2, 0.25) is 0 Å². The molecule has 5 heteroatoms. The van der Waals surface area contributed by atoms with Crippen LogP contribution in [0.4, 0.5) is 4.39 Å². The summed E-state index contributed by atoms with van der Waals surface area (Å²) in [5, 5.41) is 0. The molecule has 1 aliphatic carbocycles. The highest BCUT2D eigenvalue weighted by Gasteiger charge is 2.18. The van der Waals surface area contributed by atoms with Gasteiger partial charge in [0.05, 0.1) is 6.20 Å². The Kier molecular flexibility index (Phi) is 3.21. The Hall–Kier alpha value is -1.88. The molecule has 2 N–H and O–H groups in total. The summed E-state index contributed by atoms with van der Waals surface area (Å²) >= 11 is 0. The summed E-state index contributed by atoms with van der Waals surface area (Å²) < 4.78 is 12.9. The largest absolute Gasteiger partial charge is 0.324 e. The van der Waals surface area contributed by atoms with Crippen LogP contribution < -0.4 is 5.73 Å². The third-order valence-corrected chi connectivity index (χ3v) is 3.43. The summed E-state index contributed by atoms with van der Waals surface area (Å²) in [4.78, 5) is 12.9. The third kappa shape index (κ3) is 2.46. The van der Waals surface area contributed by atoms with Gasteiger partial charge in [-0.2, -0.15) is 0 Å². The van der Waals surface area contributed by atoms with Crippen molar-refractivity contribution < 1.29 is 4.39 Å². The van der Waals surface area contributed by atoms with Crippen molar-refractivity contribution in [1.29, 1.82) is 0 Å². The van der Waals surface area contributed by atoms with Gasteiger partial charge < -0.3 is 5.73 Å². The van der Waals surface area contributed by atoms with Gasteiger partial charge in [0.2, 0.25) is 0 Å². The molecule has 0 saturated heterocycles. The molecular weight excluding hydrogens is 243 g/mol. The van der Waals surface area contributed by atoms with E-state index >= 15 is 0 Å². The van der Waals surface area contributed by atoms with E-state index < -0.39 is 0 Å². The maximum absolute atomic E-state index is 12.9. The SMILES string of the molecule is NC1CCCCc2nc(-c3ccc(F)cn3)ncc21. The molecule has 2 aromatic rings. The van der Waals surface area contributed by atoms with E-state index in [1.54, 1.807) is 12.3 Å². The van der Waals surface area contributed by atoms with Gasteiger partial charge in [-0.3, -0.25) is 0 Å². The fourth-order valence-corrected chi connectivity index (χ4v) is 2.38. The van der Waals surface area contributed by atoms with E-state index in [0.717, 1.165) is 36.9 Å². The number of nitrogens with two attached hydrogens (primary N) is 1. The average molecular weight is 258 g/mol. The molecule has 0 aromatic carbocycles. The van der Waals surface area contributed by atoms with E-state index in [1.165, 1.54) is 12.3 Å². The highest BCUT2D eigenvalue weighted by atomic mass is 19.1. The minimum Gasteiger partial charge on any atom is -0.324 e. The number of nitrogens with zero attached hydrogens (tertiary/aromatic N) is 3. The number of aromatic nitrogens is 3. The highest BCUT2D eigenvalue weighted by Crippen LogP contribution is 2.26. The number of fused-ring (bicyclic) bond motifs is 1. The molecule has 2 aromatic heterocycles. The maximum Gasteiger partial charge on any atom is 0.178 e. The van der Waals surface area contributed by atoms with Crippen LogP contribution in [-0.2, 0) is 6.42 Å². The van der Waals surface area contributed by atoms with Crippen molar-refractivity contribution in [3.63, 3.8) is 0 Å². The van der Waals surface area contributed by atoms with Crippen molar-refractivity contribution in [3.05, 3.63) is 41.6 Å². The smallest absolute Gasteiger partial charge is 0.178 e. The van der Waals surface area contributed by atoms with E-state index in [9.17, 15) is 4.39 Å². The molecule has 2 heterocycles. The Bertz CT molecular complexity index is 582. The van der Waals surface area contributed by atoms with Crippen LogP contribution >= 0.6 is 0 Å². The van der Waals surface area contributed by atoms with E-state index in [-0.39, 0.29) is 11.9 Å². The fourth-order valence-electron chi connectivity index (χ4n) is 2.38. The molecule has 0 fully saturated rings. The second kappa shape index (κ2) is 5.01. The number of hydrogen-bond donors (Lipinski definition) is 1. The molecule has 19 heavy (non-hydrogen) atoms. The fraction of sp³-hybridized carbons (Fsp3) is 0.357. The van der Waals surface area contributed by atoms with Gasteiger partial charge >= 0.3 is 0 Å². The molecule has 0 saturated carbocycles. The van der Waals surface area contributed by atoms with E-state index in [2.05, 4.69) is 15.0 Å². The Morgan fingerprint density at radius 1 is 1.16 bits per heavy atom. The molecule has 0 bridgehead atoms. The average Bonchev–Trinajstić information content (AvgIpc) is 2.61. The second-order valence-corrected chi connectivity index (χ2v) is 4.81. The Labute approximate surface area is 110 Å². The molecule has 0 amide bonds. The number of hydrogen-bond acceptors (Lipinski definition) is 4. The molecule has 0 aliphatic heterocycles. The first kappa shape index (κ1) is 12.2. The van der Waals surface area contributed by atoms with Crippen LogP contribution in [0.5, 0.6) is 0 Å². The quantitative estimate of drug-likeness (QED) is 0.798. The van der Waals surface area contributed by atoms with Gasteiger partial charge in [0.25, 0.3) is 0 Å². The van der Waals surface area contributed by atoms with Crippen LogP contribution in [0, 0.1) is 5.82 Å². The van der Waals surface area contributed by atoms with Gasteiger partial charge in [-0.15, -0.1) is 0 Å². The monoisotopic (exact) mass is 258 g/mol. The van der Waals surface area contributed by atoms with Gasteiger partial charge in [-0.1, -0.05) is 6.42 Å². The van der Waals surface area contributed by atoms with Crippen molar-refractivity contribution in [2.45, 2.75) is 31.7 Å². The van der Waals surface area contributed by atoms with Crippen LogP contribution in [0.25, 0.3) is 11.5 Å². The molecule has 4 nitrogen and oxygen atoms in total. The summed E-state index contributed by atoms with van der Waals surface area (Å²) in [7, 11) is 0. The number of aryl methyl sites for hydroxylation is 1. The number of halogens is 1. The Morgan fingerprint density at radius 2 is 2.05 bits per heavy atom. The third-order valence-electron chi connectivity index (χ3n) is 3.43. The summed E-state index contributed by atoms with van der Waals surface area (Å²) in [5.74, 6) is 0.174. The van der Waals surface area contributed by atoms with Gasteiger partial charge in [-0.05, 0) is 31.4 Å². The molecule has 0 spiro atoms. The second-order valence-electron chi connectivity index (χ2n) is 4.81. The maximum atomic E-state index is 12.9. The molecule has 1 aliphatic rings. The van der Waals surface area contributed by atoms with Gasteiger partial charge in [0.15, 0.2) is 5.82 Å². The Balaban J connectivity index is 2.01. The van der Waals surface area contributed by atoms with Crippen LogP contribution in [0.1, 0.15) is 36.6 Å². The predicted molar refractivity (Wildman–Crippen MR) is 69.7 cm³/mol. The minimum absolute atomic E-state index is 0.0210. The van der Waals surface area contributed by atoms with E-state index in [0.29, 0.717) is 11.5 Å². The van der Waals surface area contributed by atoms with Crippen molar-refractivity contribution in [1.82, 2.24) is 15.0 Å². The summed E-state index contributed by atoms with van der Waals surface area (Å²) in [6, 6.07) is 2.98.